The summed E-state index contributed by atoms with van der Waals surface area (Å²) in [5.41, 5.74) is 1.22. The van der Waals surface area contributed by atoms with E-state index >= 15 is 0 Å². The Morgan fingerprint density at radius 3 is 2.79 bits per heavy atom. The normalized spacial score (nSPS) is 14.7. The fourth-order valence-electron chi connectivity index (χ4n) is 3.48. The lowest BCUT2D eigenvalue weighted by molar-refractivity contribution is -0.125. The minimum Gasteiger partial charge on any atom is -0.467 e. The zero-order valence-electron chi connectivity index (χ0n) is 16.4. The van der Waals surface area contributed by atoms with Crippen LogP contribution in [-0.2, 0) is 11.3 Å². The molecule has 0 bridgehead atoms. The summed E-state index contributed by atoms with van der Waals surface area (Å²) in [6, 6.07) is 12.1. The number of furan rings is 1. The average Bonchev–Trinajstić information content (AvgIpc) is 3.26. The first-order chi connectivity index (χ1) is 14.2. The SMILES string of the molecule is Cc1cccc(Sc2nccnc2N2CCC(C(=O)NCc3ccco3)CC2)c1. The number of aromatic nitrogens is 2. The van der Waals surface area contributed by atoms with Gasteiger partial charge in [0.2, 0.25) is 5.91 Å². The molecular formula is C22H24N4O2S. The molecule has 3 heterocycles. The number of carbonyl (C=O) groups excluding carboxylic acids is 1. The van der Waals surface area contributed by atoms with Crippen LogP contribution in [0, 0.1) is 12.8 Å². The van der Waals surface area contributed by atoms with Crippen molar-refractivity contribution in [3.05, 3.63) is 66.4 Å². The van der Waals surface area contributed by atoms with E-state index in [2.05, 4.69) is 51.4 Å². The molecule has 1 N–H and O–H groups in total. The molecule has 0 unspecified atom stereocenters. The molecule has 150 valence electrons. The third kappa shape index (κ3) is 4.98. The Hall–Kier alpha value is -2.80. The highest BCUT2D eigenvalue weighted by Gasteiger charge is 2.27. The molecule has 0 atom stereocenters. The molecule has 4 rings (SSSR count). The quantitative estimate of drug-likeness (QED) is 0.663. The van der Waals surface area contributed by atoms with Crippen LogP contribution in [0.1, 0.15) is 24.2 Å². The molecule has 2 aromatic heterocycles. The molecule has 1 aliphatic heterocycles. The van der Waals surface area contributed by atoms with Gasteiger partial charge in [-0.1, -0.05) is 29.5 Å². The number of nitrogens with one attached hydrogen (secondary N) is 1. The zero-order valence-corrected chi connectivity index (χ0v) is 17.2. The molecule has 0 spiro atoms. The molecule has 7 heteroatoms. The summed E-state index contributed by atoms with van der Waals surface area (Å²) in [4.78, 5) is 25.0. The molecule has 1 saturated heterocycles. The van der Waals surface area contributed by atoms with Crippen LogP contribution in [0.2, 0.25) is 0 Å². The van der Waals surface area contributed by atoms with Crippen LogP contribution in [0.25, 0.3) is 0 Å². The minimum atomic E-state index is 0.0192. The van der Waals surface area contributed by atoms with E-state index in [1.54, 1.807) is 30.4 Å². The predicted molar refractivity (Wildman–Crippen MR) is 113 cm³/mol. The van der Waals surface area contributed by atoms with Crippen LogP contribution in [0.3, 0.4) is 0 Å². The second-order valence-corrected chi connectivity index (χ2v) is 8.22. The van der Waals surface area contributed by atoms with Crippen molar-refractivity contribution in [1.82, 2.24) is 15.3 Å². The van der Waals surface area contributed by atoms with Crippen molar-refractivity contribution in [2.45, 2.75) is 36.2 Å². The Morgan fingerprint density at radius 1 is 1.21 bits per heavy atom. The summed E-state index contributed by atoms with van der Waals surface area (Å²) in [5.74, 6) is 1.78. The van der Waals surface area contributed by atoms with Crippen molar-refractivity contribution in [1.29, 1.82) is 0 Å². The molecule has 1 aliphatic rings. The number of anilines is 1. The zero-order chi connectivity index (χ0) is 20.1. The number of hydrogen-bond acceptors (Lipinski definition) is 6. The summed E-state index contributed by atoms with van der Waals surface area (Å²) in [5, 5.41) is 3.88. The predicted octanol–water partition coefficient (Wildman–Crippen LogP) is 4.06. The van der Waals surface area contributed by atoms with Crippen LogP contribution < -0.4 is 10.2 Å². The standard InChI is InChI=1S/C22H24N4O2S/c1-16-4-2-6-19(14-16)29-22-20(23-9-10-24-22)26-11-7-17(8-12-26)21(27)25-15-18-5-3-13-28-18/h2-6,9-10,13-14,17H,7-8,11-12,15H2,1H3,(H,25,27). The van der Waals surface area contributed by atoms with Gasteiger partial charge >= 0.3 is 0 Å². The molecule has 1 fully saturated rings. The van der Waals surface area contributed by atoms with Crippen molar-refractivity contribution in [2.24, 2.45) is 5.92 Å². The molecule has 6 nitrogen and oxygen atoms in total. The summed E-state index contributed by atoms with van der Waals surface area (Å²) in [6.07, 6.45) is 6.69. The van der Waals surface area contributed by atoms with Crippen molar-refractivity contribution in [3.8, 4) is 0 Å². The topological polar surface area (TPSA) is 71.3 Å². The highest BCUT2D eigenvalue weighted by atomic mass is 32.2. The van der Waals surface area contributed by atoms with Crippen molar-refractivity contribution < 1.29 is 9.21 Å². The summed E-state index contributed by atoms with van der Waals surface area (Å²) < 4.78 is 5.27. The van der Waals surface area contributed by atoms with E-state index in [0.717, 1.165) is 47.4 Å². The summed E-state index contributed by atoms with van der Waals surface area (Å²) in [7, 11) is 0. The first-order valence-corrected chi connectivity index (χ1v) is 10.6. The summed E-state index contributed by atoms with van der Waals surface area (Å²) in [6.45, 7) is 4.11. The summed E-state index contributed by atoms with van der Waals surface area (Å²) >= 11 is 1.63. The van der Waals surface area contributed by atoms with Crippen LogP contribution >= 0.6 is 11.8 Å². The maximum atomic E-state index is 12.5. The molecule has 1 aromatic carbocycles. The van der Waals surface area contributed by atoms with Crippen LogP contribution in [0.5, 0.6) is 0 Å². The minimum absolute atomic E-state index is 0.0192. The maximum absolute atomic E-state index is 12.5. The lowest BCUT2D eigenvalue weighted by Gasteiger charge is -2.32. The monoisotopic (exact) mass is 408 g/mol. The van der Waals surface area contributed by atoms with Gasteiger partial charge in [-0.15, -0.1) is 0 Å². The van der Waals surface area contributed by atoms with Gasteiger partial charge in [-0.05, 0) is 44.0 Å². The van der Waals surface area contributed by atoms with Gasteiger partial charge in [0, 0.05) is 36.3 Å². The van der Waals surface area contributed by atoms with Gasteiger partial charge in [0.15, 0.2) is 5.82 Å². The second kappa shape index (κ2) is 9.13. The van der Waals surface area contributed by atoms with E-state index in [9.17, 15) is 4.79 Å². The van der Waals surface area contributed by atoms with Gasteiger partial charge in [-0.3, -0.25) is 4.79 Å². The molecule has 1 amide bonds. The number of hydrogen-bond donors (Lipinski definition) is 1. The Kier molecular flexibility index (Phi) is 6.14. The maximum Gasteiger partial charge on any atom is 0.223 e. The second-order valence-electron chi connectivity index (χ2n) is 7.16. The number of benzene rings is 1. The third-order valence-electron chi connectivity index (χ3n) is 5.03. The molecule has 0 radical (unpaired) electrons. The van der Waals surface area contributed by atoms with Gasteiger partial charge in [-0.25, -0.2) is 9.97 Å². The number of piperidine rings is 1. The fraction of sp³-hybridized carbons (Fsp3) is 0.318. The van der Waals surface area contributed by atoms with Gasteiger partial charge in [0.25, 0.3) is 0 Å². The van der Waals surface area contributed by atoms with E-state index in [-0.39, 0.29) is 11.8 Å². The fourth-order valence-corrected chi connectivity index (χ4v) is 4.48. The van der Waals surface area contributed by atoms with E-state index in [1.807, 2.05) is 12.1 Å². The van der Waals surface area contributed by atoms with Crippen molar-refractivity contribution in [2.75, 3.05) is 18.0 Å². The smallest absolute Gasteiger partial charge is 0.223 e. The van der Waals surface area contributed by atoms with E-state index < -0.39 is 0 Å². The van der Waals surface area contributed by atoms with Crippen LogP contribution in [0.4, 0.5) is 5.82 Å². The Labute approximate surface area is 174 Å². The van der Waals surface area contributed by atoms with Gasteiger partial charge in [0.05, 0.1) is 12.8 Å². The van der Waals surface area contributed by atoms with Gasteiger partial charge in [-0.2, -0.15) is 0 Å². The highest BCUT2D eigenvalue weighted by molar-refractivity contribution is 7.99. The Morgan fingerprint density at radius 2 is 2.03 bits per heavy atom. The third-order valence-corrected chi connectivity index (χ3v) is 6.00. The number of rotatable bonds is 6. The number of carbonyl (C=O) groups is 1. The molecule has 0 aliphatic carbocycles. The lowest BCUT2D eigenvalue weighted by Crippen LogP contribution is -2.40. The lowest BCUT2D eigenvalue weighted by atomic mass is 9.96. The van der Waals surface area contributed by atoms with E-state index in [0.29, 0.717) is 6.54 Å². The molecule has 3 aromatic rings. The Bertz CT molecular complexity index is 953. The number of nitrogens with zero attached hydrogens (tertiary/aromatic N) is 3. The molecule has 0 saturated carbocycles. The largest absolute Gasteiger partial charge is 0.467 e. The van der Waals surface area contributed by atoms with Crippen molar-refractivity contribution in [3.63, 3.8) is 0 Å². The average molecular weight is 409 g/mol. The van der Waals surface area contributed by atoms with Crippen LogP contribution in [-0.4, -0.2) is 29.0 Å². The van der Waals surface area contributed by atoms with Gasteiger partial charge < -0.3 is 14.6 Å². The number of amides is 1. The first-order valence-electron chi connectivity index (χ1n) is 9.79. The molecular weight excluding hydrogens is 384 g/mol. The number of aryl methyl sites for hydroxylation is 1. The van der Waals surface area contributed by atoms with E-state index in [1.165, 1.54) is 5.56 Å². The van der Waals surface area contributed by atoms with Crippen LogP contribution in [0.15, 0.2) is 69.4 Å². The molecule has 29 heavy (non-hydrogen) atoms. The Balaban J connectivity index is 1.36. The highest BCUT2D eigenvalue weighted by Crippen LogP contribution is 2.34. The van der Waals surface area contributed by atoms with E-state index in [4.69, 9.17) is 4.42 Å². The van der Waals surface area contributed by atoms with Crippen molar-refractivity contribution >= 4 is 23.5 Å². The first kappa shape index (κ1) is 19.5. The van der Waals surface area contributed by atoms with Gasteiger partial charge in [0.1, 0.15) is 10.8 Å².